The van der Waals surface area contributed by atoms with E-state index in [0.717, 1.165) is 22.3 Å². The topological polar surface area (TPSA) is 52.6 Å². The van der Waals surface area contributed by atoms with Gasteiger partial charge in [-0.3, -0.25) is 0 Å². The molecule has 3 aromatic rings. The Balaban J connectivity index is 1.64. The van der Waals surface area contributed by atoms with Crippen molar-refractivity contribution < 1.29 is 19.1 Å². The highest BCUT2D eigenvalue weighted by Crippen LogP contribution is 2.22. The Hall–Kier alpha value is -4.44. The van der Waals surface area contributed by atoms with Gasteiger partial charge in [0.15, 0.2) is 0 Å². The van der Waals surface area contributed by atoms with Crippen molar-refractivity contribution in [3.8, 4) is 11.5 Å². The molecule has 0 bridgehead atoms. The molecule has 0 aliphatic carbocycles. The van der Waals surface area contributed by atoms with Gasteiger partial charge in [0.2, 0.25) is 0 Å². The minimum absolute atomic E-state index is 0.351. The molecule has 4 nitrogen and oxygen atoms in total. The summed E-state index contributed by atoms with van der Waals surface area (Å²) in [5.74, 6) is 0.0947. The van der Waals surface area contributed by atoms with Crippen molar-refractivity contribution in [2.45, 2.75) is 13.8 Å². The molecule has 0 aliphatic heterocycles. The summed E-state index contributed by atoms with van der Waals surface area (Å²) in [6.07, 6.45) is 7.87. The summed E-state index contributed by atoms with van der Waals surface area (Å²) in [6, 6.07) is 22.7. The first kappa shape index (κ1) is 24.2. The second-order valence-electron chi connectivity index (χ2n) is 7.78. The van der Waals surface area contributed by atoms with Crippen LogP contribution in [0.15, 0.2) is 97.1 Å². The standard InChI is InChI=1S/C30H26O4/c1-21(2)29(31)33-27-19-16-25(17-20-27)14-11-23-9-12-24(13-10-23)15-18-26-7-5-6-8-28(26)34-30(32)22(3)4/h5-20H,1,3H2,2,4H3. The first-order chi connectivity index (χ1) is 16.3. The van der Waals surface area contributed by atoms with E-state index in [1.165, 1.54) is 0 Å². The number of hydrogen-bond donors (Lipinski definition) is 0. The van der Waals surface area contributed by atoms with E-state index < -0.39 is 11.9 Å². The van der Waals surface area contributed by atoms with E-state index in [0.29, 0.717) is 22.6 Å². The van der Waals surface area contributed by atoms with Gasteiger partial charge in [0.05, 0.1) is 0 Å². The molecule has 0 radical (unpaired) electrons. The maximum absolute atomic E-state index is 11.8. The molecule has 0 saturated heterocycles. The number of carbonyl (C=O) groups excluding carboxylic acids is 2. The summed E-state index contributed by atoms with van der Waals surface area (Å²) < 4.78 is 10.6. The van der Waals surface area contributed by atoms with Gasteiger partial charge >= 0.3 is 11.9 Å². The maximum atomic E-state index is 11.8. The minimum atomic E-state index is -0.445. The number of benzene rings is 3. The zero-order valence-corrected chi connectivity index (χ0v) is 19.3. The quantitative estimate of drug-likeness (QED) is 0.161. The van der Waals surface area contributed by atoms with Crippen LogP contribution >= 0.6 is 0 Å². The summed E-state index contributed by atoms with van der Waals surface area (Å²) in [5.41, 5.74) is 4.56. The fourth-order valence-electron chi connectivity index (χ4n) is 2.84. The summed E-state index contributed by atoms with van der Waals surface area (Å²) >= 11 is 0. The SMILES string of the molecule is C=C(C)C(=O)Oc1ccc(C=Cc2ccc(C=Cc3ccccc3OC(=O)C(=C)C)cc2)cc1. The summed E-state index contributed by atoms with van der Waals surface area (Å²) in [5, 5.41) is 0. The van der Waals surface area contributed by atoms with E-state index in [9.17, 15) is 9.59 Å². The van der Waals surface area contributed by atoms with Gasteiger partial charge in [0.25, 0.3) is 0 Å². The van der Waals surface area contributed by atoms with Crippen LogP contribution in [0.1, 0.15) is 36.1 Å². The molecule has 34 heavy (non-hydrogen) atoms. The molecule has 0 aliphatic rings. The third kappa shape index (κ3) is 7.04. The van der Waals surface area contributed by atoms with E-state index in [1.807, 2.05) is 78.9 Å². The van der Waals surface area contributed by atoms with Crippen molar-refractivity contribution in [2.75, 3.05) is 0 Å². The van der Waals surface area contributed by atoms with E-state index >= 15 is 0 Å². The van der Waals surface area contributed by atoms with E-state index in [2.05, 4.69) is 13.2 Å². The smallest absolute Gasteiger partial charge is 0.338 e. The van der Waals surface area contributed by atoms with Gasteiger partial charge in [-0.15, -0.1) is 0 Å². The first-order valence-electron chi connectivity index (χ1n) is 10.7. The molecule has 0 amide bonds. The second-order valence-corrected chi connectivity index (χ2v) is 7.78. The Bertz CT molecular complexity index is 1260. The van der Waals surface area contributed by atoms with Gasteiger partial charge in [-0.1, -0.05) is 92.1 Å². The molecule has 0 aromatic heterocycles. The Labute approximate surface area is 200 Å². The summed E-state index contributed by atoms with van der Waals surface area (Å²) in [6.45, 7) is 10.4. The molecule has 4 heteroatoms. The minimum Gasteiger partial charge on any atom is -0.423 e. The van der Waals surface area contributed by atoms with Crippen LogP contribution in [0.5, 0.6) is 11.5 Å². The molecule has 0 spiro atoms. The Kier molecular flexibility index (Phi) is 8.14. The lowest BCUT2D eigenvalue weighted by atomic mass is 10.1. The van der Waals surface area contributed by atoms with Crippen LogP contribution in [0.3, 0.4) is 0 Å². The second kappa shape index (κ2) is 11.4. The van der Waals surface area contributed by atoms with Gasteiger partial charge < -0.3 is 9.47 Å². The Morgan fingerprint density at radius 1 is 0.618 bits per heavy atom. The Morgan fingerprint density at radius 3 is 1.59 bits per heavy atom. The highest BCUT2D eigenvalue weighted by molar-refractivity contribution is 5.90. The molecule has 0 unspecified atom stereocenters. The number of para-hydroxylation sites is 1. The average Bonchev–Trinajstić information content (AvgIpc) is 2.83. The van der Waals surface area contributed by atoms with Crippen molar-refractivity contribution in [3.63, 3.8) is 0 Å². The van der Waals surface area contributed by atoms with E-state index in [4.69, 9.17) is 9.47 Å². The average molecular weight is 451 g/mol. The maximum Gasteiger partial charge on any atom is 0.338 e. The van der Waals surface area contributed by atoms with Crippen molar-refractivity contribution in [1.82, 2.24) is 0 Å². The predicted octanol–water partition coefficient (Wildman–Crippen LogP) is 6.99. The van der Waals surface area contributed by atoms with E-state index in [1.54, 1.807) is 32.0 Å². The summed E-state index contributed by atoms with van der Waals surface area (Å²) in [4.78, 5) is 23.4. The fraction of sp³-hybridized carbons (Fsp3) is 0.0667. The highest BCUT2D eigenvalue weighted by Gasteiger charge is 2.08. The van der Waals surface area contributed by atoms with Crippen LogP contribution in [-0.2, 0) is 9.59 Å². The number of rotatable bonds is 8. The van der Waals surface area contributed by atoms with E-state index in [-0.39, 0.29) is 0 Å². The molecule has 0 saturated carbocycles. The molecule has 0 fully saturated rings. The zero-order chi connectivity index (χ0) is 24.5. The lowest BCUT2D eigenvalue weighted by Gasteiger charge is -2.07. The van der Waals surface area contributed by atoms with Crippen LogP contribution in [0.2, 0.25) is 0 Å². The van der Waals surface area contributed by atoms with Crippen molar-refractivity contribution in [3.05, 3.63) is 119 Å². The van der Waals surface area contributed by atoms with Crippen LogP contribution in [0.25, 0.3) is 24.3 Å². The van der Waals surface area contributed by atoms with Gasteiger partial charge in [-0.2, -0.15) is 0 Å². The van der Waals surface area contributed by atoms with Crippen molar-refractivity contribution in [2.24, 2.45) is 0 Å². The number of esters is 2. The van der Waals surface area contributed by atoms with Gasteiger partial charge in [0.1, 0.15) is 11.5 Å². The van der Waals surface area contributed by atoms with Crippen molar-refractivity contribution >= 4 is 36.2 Å². The molecule has 0 atom stereocenters. The molecule has 3 rings (SSSR count). The molecule has 0 N–H and O–H groups in total. The van der Waals surface area contributed by atoms with Crippen molar-refractivity contribution in [1.29, 1.82) is 0 Å². The zero-order valence-electron chi connectivity index (χ0n) is 19.3. The predicted molar refractivity (Wildman–Crippen MR) is 138 cm³/mol. The normalized spacial score (nSPS) is 10.9. The number of hydrogen-bond acceptors (Lipinski definition) is 4. The largest absolute Gasteiger partial charge is 0.423 e. The molecule has 0 heterocycles. The van der Waals surface area contributed by atoms with Crippen LogP contribution in [0.4, 0.5) is 0 Å². The first-order valence-corrected chi connectivity index (χ1v) is 10.7. The summed E-state index contributed by atoms with van der Waals surface area (Å²) in [7, 11) is 0. The fourth-order valence-corrected chi connectivity index (χ4v) is 2.84. The Morgan fingerprint density at radius 2 is 1.06 bits per heavy atom. The van der Waals surface area contributed by atoms with Gasteiger partial charge in [-0.25, -0.2) is 9.59 Å². The van der Waals surface area contributed by atoms with Gasteiger partial charge in [-0.05, 0) is 48.7 Å². The third-order valence-electron chi connectivity index (χ3n) is 4.77. The molecular formula is C30H26O4. The van der Waals surface area contributed by atoms with Gasteiger partial charge in [0, 0.05) is 16.7 Å². The third-order valence-corrected chi connectivity index (χ3v) is 4.77. The molecular weight excluding hydrogens is 424 g/mol. The van der Waals surface area contributed by atoms with Crippen LogP contribution < -0.4 is 9.47 Å². The van der Waals surface area contributed by atoms with Crippen LogP contribution in [0, 0.1) is 0 Å². The monoisotopic (exact) mass is 450 g/mol. The lowest BCUT2D eigenvalue weighted by molar-refractivity contribution is -0.130. The molecule has 3 aromatic carbocycles. The number of carbonyl (C=O) groups is 2. The molecule has 170 valence electrons. The lowest BCUT2D eigenvalue weighted by Crippen LogP contribution is -2.08. The van der Waals surface area contributed by atoms with Crippen LogP contribution in [-0.4, -0.2) is 11.9 Å². The number of ether oxygens (including phenoxy) is 2. The highest BCUT2D eigenvalue weighted by atomic mass is 16.5.